The number of para-hydroxylation sites is 8. The zero-order chi connectivity index (χ0) is 94.3. The highest BCUT2D eigenvalue weighted by atomic mass is 32.1. The molecule has 0 saturated carbocycles. The number of furan rings is 4. The van der Waals surface area contributed by atoms with Crippen molar-refractivity contribution < 1.29 is 17.7 Å². The van der Waals surface area contributed by atoms with Gasteiger partial charge in [-0.25, -0.2) is 29.9 Å². The minimum absolute atomic E-state index is 0.620. The Morgan fingerprint density at radius 2 is 0.521 bits per heavy atom. The lowest BCUT2D eigenvalue weighted by Gasteiger charge is -2.13. The molecule has 0 amide bonds. The summed E-state index contributed by atoms with van der Waals surface area (Å²) < 4.78 is 36.2. The summed E-state index contributed by atoms with van der Waals surface area (Å²) in [5.74, 6) is 2.01. The normalized spacial score (nSPS) is 12.0. The molecule has 0 saturated heterocycles. The number of rotatable bonds is 9. The second kappa shape index (κ2) is 32.2. The second-order valence-electron chi connectivity index (χ2n) is 36.9. The van der Waals surface area contributed by atoms with E-state index < -0.39 is 0 Å². The van der Waals surface area contributed by atoms with Crippen LogP contribution in [0.25, 0.3) is 302 Å². The number of hydrogen-bond acceptors (Lipinski definition) is 11. The number of hydrogen-bond donors (Lipinski definition) is 0. The molecule has 11 aromatic heterocycles. The van der Waals surface area contributed by atoms with E-state index in [4.69, 9.17) is 47.6 Å². The molecule has 32 rings (SSSR count). The average molecular weight is 1860 g/mol. The summed E-state index contributed by atoms with van der Waals surface area (Å²) in [7, 11) is 0. The standard InChI is InChI=1S/C44H25N3O2.C44H25N3OS.C42H25N3O/c2*1-2-12-26(13-3-1)40-43-41(31-18-8-11-21-38(31)49-43)46-44(45-40)32-22-23-35(42-39(32)30-17-7-10-20-37(30)48-42)47-34-19-9-6-16-29(34)33-24-27-14-4-5-15-28(27)25-36(33)47;1-2-12-26(13-3-1)42-43-34-19-9-6-17-30(34)40(44-42)32-22-23-36(41-39(32)31-18-8-11-21-38(31)46-41)45-35-20-10-7-16-29(35)33-24-27-14-4-5-15-28(27)25-37(33)45/h2*1-25H;1-25H. The molecule has 0 atom stereocenters. The molecule has 11 heterocycles. The Hall–Kier alpha value is -19.3. The van der Waals surface area contributed by atoms with Crippen LogP contribution in [0.1, 0.15) is 0 Å². The Morgan fingerprint density at radius 1 is 0.194 bits per heavy atom. The minimum Gasteiger partial charge on any atom is -0.454 e. The van der Waals surface area contributed by atoms with Gasteiger partial charge < -0.3 is 31.4 Å². The summed E-state index contributed by atoms with van der Waals surface area (Å²) in [6.45, 7) is 0. The smallest absolute Gasteiger partial charge is 0.180 e. The maximum atomic E-state index is 6.84. The van der Waals surface area contributed by atoms with Gasteiger partial charge in [0.15, 0.2) is 39.8 Å². The van der Waals surface area contributed by atoms with Gasteiger partial charge in [0, 0.05) is 119 Å². The molecule has 144 heavy (non-hydrogen) atoms. The zero-order valence-corrected chi connectivity index (χ0v) is 77.7. The number of aromatic nitrogens is 9. The van der Waals surface area contributed by atoms with Crippen LogP contribution in [-0.4, -0.2) is 43.6 Å². The number of benzene rings is 21. The molecule has 14 heteroatoms. The lowest BCUT2D eigenvalue weighted by atomic mass is 9.99. The molecule has 13 nitrogen and oxygen atoms in total. The summed E-state index contributed by atoms with van der Waals surface area (Å²) in [6.07, 6.45) is 0. The second-order valence-corrected chi connectivity index (χ2v) is 37.9. The van der Waals surface area contributed by atoms with Gasteiger partial charge in [-0.2, -0.15) is 0 Å². The van der Waals surface area contributed by atoms with Gasteiger partial charge in [-0.15, -0.1) is 11.3 Å². The predicted molar refractivity (Wildman–Crippen MR) is 594 cm³/mol. The Kier molecular flexibility index (Phi) is 18.0. The van der Waals surface area contributed by atoms with Crippen molar-refractivity contribution in [3.05, 3.63) is 455 Å². The van der Waals surface area contributed by atoms with E-state index in [1.54, 1.807) is 11.3 Å². The van der Waals surface area contributed by atoms with Crippen molar-refractivity contribution in [2.75, 3.05) is 0 Å². The third-order valence-electron chi connectivity index (χ3n) is 28.8. The van der Waals surface area contributed by atoms with Crippen LogP contribution in [0.15, 0.2) is 473 Å². The van der Waals surface area contributed by atoms with Crippen molar-refractivity contribution in [3.8, 4) is 85.0 Å². The van der Waals surface area contributed by atoms with Crippen LogP contribution < -0.4 is 0 Å². The van der Waals surface area contributed by atoms with E-state index in [-0.39, 0.29) is 0 Å². The van der Waals surface area contributed by atoms with Gasteiger partial charge in [0.25, 0.3) is 0 Å². The minimum atomic E-state index is 0.620. The first-order valence-electron chi connectivity index (χ1n) is 48.3. The molecule has 0 aliphatic heterocycles. The average Bonchev–Trinajstić information content (AvgIpc) is 1.60. The van der Waals surface area contributed by atoms with E-state index in [0.29, 0.717) is 23.1 Å². The first kappa shape index (κ1) is 80.8. The molecule has 0 bridgehead atoms. The topological polar surface area (TPSA) is 145 Å². The van der Waals surface area contributed by atoms with Crippen molar-refractivity contribution >= 4 is 228 Å². The molecule has 0 N–H and O–H groups in total. The highest BCUT2D eigenvalue weighted by Crippen LogP contribution is 2.51. The van der Waals surface area contributed by atoms with Gasteiger partial charge in [0.1, 0.15) is 33.5 Å². The van der Waals surface area contributed by atoms with E-state index in [1.807, 2.05) is 97.1 Å². The highest BCUT2D eigenvalue weighted by molar-refractivity contribution is 7.26. The number of thiophene rings is 1. The van der Waals surface area contributed by atoms with E-state index in [0.717, 1.165) is 209 Å². The van der Waals surface area contributed by atoms with Crippen molar-refractivity contribution in [1.82, 2.24) is 43.6 Å². The summed E-state index contributed by atoms with van der Waals surface area (Å²) in [6, 6.07) is 159. The lowest BCUT2D eigenvalue weighted by Crippen LogP contribution is -1.98. The largest absolute Gasteiger partial charge is 0.454 e. The molecular formula is C130H75N9O4S. The number of fused-ring (bicyclic) bond motifs is 28. The monoisotopic (exact) mass is 1860 g/mol. The first-order chi connectivity index (χ1) is 71.4. The lowest BCUT2D eigenvalue weighted by molar-refractivity contribution is 0.666. The third kappa shape index (κ3) is 12.6. The van der Waals surface area contributed by atoms with E-state index in [9.17, 15) is 0 Å². The predicted octanol–water partition coefficient (Wildman–Crippen LogP) is 35.3. The van der Waals surface area contributed by atoms with Gasteiger partial charge >= 0.3 is 0 Å². The SMILES string of the molecule is c1ccc(-c2nc(-c3ccc(-n4c5ccccc5c5cc6ccccc6cc54)c4oc5ccccc5c34)c3ccccc3n2)cc1.c1ccc(-c2nc(-c3ccc(-n4c5ccccc5c5cc6ccccc6cc54)c4oc5ccccc5c34)nc3c2oc2ccccc23)cc1.c1ccc(-c2nc(-c3ccc(-n4c5ccccc5c5cc6ccccc6cc54)c4oc5ccccc5c34)nc3c2sc2ccccc23)cc1. The maximum Gasteiger partial charge on any atom is 0.180 e. The molecule has 21 aromatic carbocycles. The number of nitrogens with zero attached hydrogens (tertiary/aromatic N) is 9. The Labute approximate surface area is 823 Å². The quantitative estimate of drug-likeness (QED) is 0.137. The Bertz CT molecular complexity index is 10600. The fourth-order valence-electron chi connectivity index (χ4n) is 22.3. The summed E-state index contributed by atoms with van der Waals surface area (Å²) >= 11 is 1.75. The van der Waals surface area contributed by atoms with E-state index in [2.05, 4.69) is 372 Å². The highest BCUT2D eigenvalue weighted by Gasteiger charge is 2.30. The van der Waals surface area contributed by atoms with Crippen molar-refractivity contribution in [1.29, 1.82) is 0 Å². The molecule has 0 unspecified atom stereocenters. The summed E-state index contributed by atoms with van der Waals surface area (Å²) in [4.78, 5) is 31.4. The van der Waals surface area contributed by atoms with Crippen LogP contribution >= 0.6 is 11.3 Å². The van der Waals surface area contributed by atoms with Crippen LogP contribution in [0.5, 0.6) is 0 Å². The molecule has 0 aliphatic rings. The molecule has 670 valence electrons. The molecule has 0 radical (unpaired) electrons. The van der Waals surface area contributed by atoms with Gasteiger partial charge in [-0.05, 0) is 166 Å². The molecule has 0 spiro atoms. The summed E-state index contributed by atoms with van der Waals surface area (Å²) in [5.41, 5.74) is 27.3. The van der Waals surface area contributed by atoms with Crippen LogP contribution in [0.4, 0.5) is 0 Å². The Balaban J connectivity index is 0.000000101. The van der Waals surface area contributed by atoms with Crippen molar-refractivity contribution in [2.24, 2.45) is 0 Å². The van der Waals surface area contributed by atoms with Gasteiger partial charge in [0.2, 0.25) is 0 Å². The van der Waals surface area contributed by atoms with Crippen molar-refractivity contribution in [3.63, 3.8) is 0 Å². The molecule has 0 fully saturated rings. The first-order valence-corrected chi connectivity index (χ1v) is 49.2. The van der Waals surface area contributed by atoms with Crippen molar-refractivity contribution in [2.45, 2.75) is 0 Å². The summed E-state index contributed by atoms with van der Waals surface area (Å²) in [5, 5.41) is 23.8. The fraction of sp³-hybridized carbons (Fsp3) is 0. The van der Waals surface area contributed by atoms with Crippen LogP contribution in [0.3, 0.4) is 0 Å². The molecule has 0 aliphatic carbocycles. The molecular weight excluding hydrogens is 1780 g/mol. The van der Waals surface area contributed by atoms with Gasteiger partial charge in [0.05, 0.1) is 77.3 Å². The van der Waals surface area contributed by atoms with E-state index >= 15 is 0 Å². The van der Waals surface area contributed by atoms with Crippen LogP contribution in [0, 0.1) is 0 Å². The van der Waals surface area contributed by atoms with Crippen LogP contribution in [-0.2, 0) is 0 Å². The fourth-order valence-corrected chi connectivity index (χ4v) is 23.4. The Morgan fingerprint density at radius 3 is 0.986 bits per heavy atom. The van der Waals surface area contributed by atoms with Crippen LogP contribution in [0.2, 0.25) is 0 Å². The van der Waals surface area contributed by atoms with Gasteiger partial charge in [-0.3, -0.25) is 0 Å². The molecule has 32 aromatic rings. The zero-order valence-electron chi connectivity index (χ0n) is 76.9. The maximum absolute atomic E-state index is 6.84. The van der Waals surface area contributed by atoms with E-state index in [1.165, 1.54) is 69.3 Å². The van der Waals surface area contributed by atoms with Gasteiger partial charge in [-0.1, -0.05) is 322 Å². The third-order valence-corrected chi connectivity index (χ3v) is 29.9.